The molecule has 0 saturated carbocycles. The summed E-state index contributed by atoms with van der Waals surface area (Å²) < 4.78 is 22.4. The number of benzene rings is 2. The minimum Gasteiger partial charge on any atom is -0.491 e. The lowest BCUT2D eigenvalue weighted by atomic mass is 9.93. The van der Waals surface area contributed by atoms with Gasteiger partial charge in [0.1, 0.15) is 30.6 Å². The van der Waals surface area contributed by atoms with E-state index in [9.17, 15) is 10.1 Å². The predicted octanol–water partition coefficient (Wildman–Crippen LogP) is 7.56. The second-order valence-corrected chi connectivity index (χ2v) is 12.3. The molecule has 0 aliphatic rings. The molecule has 0 radical (unpaired) electrons. The third-order valence-electron chi connectivity index (χ3n) is 6.29. The first kappa shape index (κ1) is 34.2. The Balaban J connectivity index is 1.44. The van der Waals surface area contributed by atoms with Gasteiger partial charge in [-0.05, 0) is 100 Å². The molecular weight excluding hydrogens is 586 g/mol. The van der Waals surface area contributed by atoms with E-state index < -0.39 is 5.60 Å². The molecule has 10 heteroatoms. The molecule has 2 aromatic carbocycles. The molecular formula is C33H40ClN3O5S. The average molecular weight is 626 g/mol. The summed E-state index contributed by atoms with van der Waals surface area (Å²) in [5.74, 6) is 1.02. The van der Waals surface area contributed by atoms with E-state index in [1.807, 2.05) is 57.4 Å². The molecule has 0 N–H and O–H groups in total. The Morgan fingerprint density at radius 1 is 1.07 bits per heavy atom. The van der Waals surface area contributed by atoms with Crippen molar-refractivity contribution in [2.75, 3.05) is 26.1 Å². The van der Waals surface area contributed by atoms with Gasteiger partial charge in [-0.15, -0.1) is 0 Å². The number of ether oxygens (including phenoxy) is 4. The van der Waals surface area contributed by atoms with Crippen molar-refractivity contribution < 1.29 is 23.7 Å². The van der Waals surface area contributed by atoms with Crippen molar-refractivity contribution in [1.82, 2.24) is 9.97 Å². The first-order valence-corrected chi connectivity index (χ1v) is 15.9. The molecule has 1 aromatic heterocycles. The number of unbranched alkanes of at least 4 members (excludes halogenated alkanes) is 2. The summed E-state index contributed by atoms with van der Waals surface area (Å²) in [6.45, 7) is 8.83. The number of hydrogen-bond acceptors (Lipinski definition) is 9. The molecule has 0 bridgehead atoms. The van der Waals surface area contributed by atoms with Gasteiger partial charge in [0.05, 0.1) is 22.9 Å². The first-order valence-electron chi connectivity index (χ1n) is 14.3. The van der Waals surface area contributed by atoms with E-state index >= 15 is 0 Å². The summed E-state index contributed by atoms with van der Waals surface area (Å²) in [7, 11) is 0. The highest BCUT2D eigenvalue weighted by Crippen LogP contribution is 2.33. The van der Waals surface area contributed by atoms with E-state index in [2.05, 4.69) is 35.1 Å². The van der Waals surface area contributed by atoms with Crippen molar-refractivity contribution in [3.8, 4) is 17.6 Å². The molecule has 8 nitrogen and oxygen atoms in total. The van der Waals surface area contributed by atoms with Gasteiger partial charge < -0.3 is 18.9 Å². The summed E-state index contributed by atoms with van der Waals surface area (Å²) in [6, 6.07) is 15.8. The van der Waals surface area contributed by atoms with Crippen LogP contribution >= 0.6 is 23.4 Å². The van der Waals surface area contributed by atoms with Crippen LogP contribution in [0, 0.1) is 11.3 Å². The Kier molecular flexibility index (Phi) is 13.6. The molecule has 0 unspecified atom stereocenters. The molecule has 3 rings (SSSR count). The number of nitriles is 1. The zero-order chi connectivity index (χ0) is 31.2. The van der Waals surface area contributed by atoms with Crippen LogP contribution in [-0.2, 0) is 27.3 Å². The molecule has 230 valence electrons. The quantitative estimate of drug-likeness (QED) is 0.0690. The van der Waals surface area contributed by atoms with Crippen LogP contribution in [0.3, 0.4) is 0 Å². The van der Waals surface area contributed by atoms with Crippen molar-refractivity contribution in [2.45, 2.75) is 76.7 Å². The summed E-state index contributed by atoms with van der Waals surface area (Å²) in [5, 5.41) is 10.9. The molecule has 0 fully saturated rings. The molecule has 1 heterocycles. The number of carbonyl (C=O) groups excluding carboxylic acids is 1. The van der Waals surface area contributed by atoms with Crippen LogP contribution in [0.1, 0.15) is 75.3 Å². The highest BCUT2D eigenvalue weighted by molar-refractivity contribution is 7.98. The number of aromatic nitrogens is 2. The number of halogens is 1. The second-order valence-electron chi connectivity index (χ2n) is 11.1. The topological polar surface area (TPSA) is 104 Å². The monoisotopic (exact) mass is 625 g/mol. The third-order valence-corrected chi connectivity index (χ3v) is 7.14. The minimum atomic E-state index is -0.515. The van der Waals surface area contributed by atoms with Gasteiger partial charge in [-0.25, -0.2) is 14.8 Å². The van der Waals surface area contributed by atoms with E-state index in [1.54, 1.807) is 6.20 Å². The lowest BCUT2D eigenvalue weighted by Crippen LogP contribution is -2.26. The Bertz CT molecular complexity index is 1370. The lowest BCUT2D eigenvalue weighted by molar-refractivity contribution is -0.160. The third kappa shape index (κ3) is 12.1. The smallest absolute Gasteiger partial charge is 0.332 e. The Labute approximate surface area is 264 Å². The molecule has 0 saturated heterocycles. The molecule has 3 aromatic rings. The number of esters is 1. The highest BCUT2D eigenvalue weighted by Gasteiger charge is 2.16. The van der Waals surface area contributed by atoms with Gasteiger partial charge in [0, 0.05) is 12.8 Å². The average Bonchev–Trinajstić information content (AvgIpc) is 2.97. The number of nitrogens with zero attached hydrogens (tertiary/aromatic N) is 3. The van der Waals surface area contributed by atoms with Crippen LogP contribution in [0.15, 0.2) is 53.8 Å². The Morgan fingerprint density at radius 2 is 1.81 bits per heavy atom. The van der Waals surface area contributed by atoms with Crippen LogP contribution in [0.5, 0.6) is 11.5 Å². The van der Waals surface area contributed by atoms with Crippen molar-refractivity contribution in [1.29, 1.82) is 5.26 Å². The van der Waals surface area contributed by atoms with Gasteiger partial charge in [-0.3, -0.25) is 0 Å². The molecule has 1 atom stereocenters. The molecule has 0 aliphatic carbocycles. The maximum absolute atomic E-state index is 11.7. The summed E-state index contributed by atoms with van der Waals surface area (Å²) in [6.07, 6.45) is 6.81. The van der Waals surface area contributed by atoms with Gasteiger partial charge in [0.2, 0.25) is 0 Å². The maximum Gasteiger partial charge on any atom is 0.332 e. The molecule has 0 amide bonds. The number of rotatable bonds is 16. The minimum absolute atomic E-state index is 0.0518. The first-order chi connectivity index (χ1) is 20.6. The second kappa shape index (κ2) is 17.1. The number of hydrogen-bond donors (Lipinski definition) is 0. The highest BCUT2D eigenvalue weighted by atomic mass is 35.5. The fourth-order valence-corrected chi connectivity index (χ4v) is 4.93. The van der Waals surface area contributed by atoms with E-state index in [-0.39, 0.29) is 18.5 Å². The van der Waals surface area contributed by atoms with E-state index in [4.69, 9.17) is 30.5 Å². The molecule has 0 aliphatic heterocycles. The van der Waals surface area contributed by atoms with E-state index in [0.717, 1.165) is 53.4 Å². The predicted molar refractivity (Wildman–Crippen MR) is 169 cm³/mol. The summed E-state index contributed by atoms with van der Waals surface area (Å²) in [5.41, 5.74) is 2.87. The fourth-order valence-electron chi connectivity index (χ4n) is 4.26. The van der Waals surface area contributed by atoms with Crippen LogP contribution in [0.25, 0.3) is 0 Å². The van der Waals surface area contributed by atoms with Gasteiger partial charge >= 0.3 is 5.97 Å². The zero-order valence-electron chi connectivity index (χ0n) is 25.5. The maximum atomic E-state index is 11.7. The van der Waals surface area contributed by atoms with Gasteiger partial charge in [-0.2, -0.15) is 5.26 Å². The summed E-state index contributed by atoms with van der Waals surface area (Å²) >= 11 is 8.05. The van der Waals surface area contributed by atoms with Crippen LogP contribution in [-0.4, -0.2) is 47.6 Å². The van der Waals surface area contributed by atoms with Crippen molar-refractivity contribution in [3.63, 3.8) is 0 Å². The van der Waals surface area contributed by atoms with Crippen LogP contribution in [0.4, 0.5) is 0 Å². The Hall–Kier alpha value is -3.32. The fraction of sp³-hybridized carbons (Fsp3) is 0.455. The number of thioether (sulfide) groups is 1. The van der Waals surface area contributed by atoms with Crippen molar-refractivity contribution in [2.24, 2.45) is 0 Å². The molecule has 0 spiro atoms. The van der Waals surface area contributed by atoms with Crippen LogP contribution in [0.2, 0.25) is 5.02 Å². The van der Waals surface area contributed by atoms with E-state index in [0.29, 0.717) is 36.2 Å². The van der Waals surface area contributed by atoms with Crippen LogP contribution < -0.4 is 9.47 Å². The normalized spacial score (nSPS) is 11.9. The SMILES string of the molecule is CSc1nccc(COc2ccc([C@H](C)Cc3cc(Cl)c(OCCCCCOCC(=O)OC(C)(C)C)c(C#N)c3)cc2)n1. The zero-order valence-corrected chi connectivity index (χ0v) is 27.1. The van der Waals surface area contributed by atoms with E-state index in [1.165, 1.54) is 11.8 Å². The Morgan fingerprint density at radius 3 is 2.51 bits per heavy atom. The standard InChI is InChI=1S/C33H40ClN3O5S/c1-23(25-9-11-28(12-10-25)41-21-27-13-14-36-32(37-27)43-5)17-24-18-26(20-35)31(29(34)19-24)40-16-8-6-7-15-39-22-30(38)42-33(2,3)4/h9-14,18-19,23H,6-8,15-17,21-22H2,1-5H3/t23-/m1/s1. The molecule has 43 heavy (non-hydrogen) atoms. The van der Waals surface area contributed by atoms with Gasteiger partial charge in [-0.1, -0.05) is 42.4 Å². The van der Waals surface area contributed by atoms with Crippen molar-refractivity contribution in [3.05, 3.63) is 76.1 Å². The largest absolute Gasteiger partial charge is 0.491 e. The van der Waals surface area contributed by atoms with Crippen molar-refractivity contribution >= 4 is 29.3 Å². The lowest BCUT2D eigenvalue weighted by Gasteiger charge is -2.19. The van der Waals surface area contributed by atoms with Gasteiger partial charge in [0.15, 0.2) is 10.9 Å². The van der Waals surface area contributed by atoms with Gasteiger partial charge in [0.25, 0.3) is 0 Å². The summed E-state index contributed by atoms with van der Waals surface area (Å²) in [4.78, 5) is 20.3. The number of carbonyl (C=O) groups is 1.